The molecular weight excluding hydrogens is 174 g/mol. The van der Waals surface area contributed by atoms with E-state index in [0.29, 0.717) is 6.04 Å². The first kappa shape index (κ1) is 8.74. The van der Waals surface area contributed by atoms with Crippen LogP contribution in [0.15, 0.2) is 11.8 Å². The molecule has 0 bridgehead atoms. The molecule has 2 fully saturated rings. The summed E-state index contributed by atoms with van der Waals surface area (Å²) in [5.74, 6) is 1.64. The Kier molecular flexibility index (Phi) is 2.03. The maximum Gasteiger partial charge on any atom is 0.129 e. The quantitative estimate of drug-likeness (QED) is 0.535. The molecule has 0 amide bonds. The van der Waals surface area contributed by atoms with Gasteiger partial charge in [-0.1, -0.05) is 12.5 Å². The third-order valence-electron chi connectivity index (χ3n) is 4.01. The Labute approximate surface area is 85.1 Å². The van der Waals surface area contributed by atoms with Crippen molar-refractivity contribution < 1.29 is 0 Å². The summed E-state index contributed by atoms with van der Waals surface area (Å²) in [6.45, 7) is 0. The highest BCUT2D eigenvalue weighted by atomic mass is 15.3. The van der Waals surface area contributed by atoms with E-state index in [-0.39, 0.29) is 6.29 Å². The summed E-state index contributed by atoms with van der Waals surface area (Å²) in [5, 5.41) is 6.85. The van der Waals surface area contributed by atoms with E-state index in [1.165, 1.54) is 37.8 Å². The summed E-state index contributed by atoms with van der Waals surface area (Å²) in [6, 6.07) is 0.636. The van der Waals surface area contributed by atoms with Gasteiger partial charge in [0.15, 0.2) is 0 Å². The molecule has 3 aliphatic rings. The zero-order chi connectivity index (χ0) is 9.54. The maximum absolute atomic E-state index is 5.91. The molecule has 0 radical (unpaired) electrons. The molecule has 4 N–H and O–H groups in total. The number of hydrogen-bond donors (Lipinski definition) is 3. The first-order valence-electron chi connectivity index (χ1n) is 5.83. The maximum atomic E-state index is 5.91. The standard InChI is InChI=1S/C11H19N3/c12-11-13-8-5-1-3-7-4-2-6-9(14-11)10(7)8/h5,7,9-11,13-14H,1-4,6,12H2. The zero-order valence-corrected chi connectivity index (χ0v) is 8.50. The molecule has 1 heterocycles. The summed E-state index contributed by atoms with van der Waals surface area (Å²) in [5.41, 5.74) is 7.34. The Morgan fingerprint density at radius 1 is 1.29 bits per heavy atom. The molecule has 14 heavy (non-hydrogen) atoms. The van der Waals surface area contributed by atoms with Crippen molar-refractivity contribution in [3.05, 3.63) is 11.8 Å². The summed E-state index contributed by atoms with van der Waals surface area (Å²) in [7, 11) is 0. The van der Waals surface area contributed by atoms with Crippen molar-refractivity contribution in [2.24, 2.45) is 17.6 Å². The normalized spacial score (nSPS) is 46.2. The molecule has 2 aliphatic carbocycles. The fourth-order valence-electron chi connectivity index (χ4n) is 3.47. The Morgan fingerprint density at radius 3 is 3.14 bits per heavy atom. The third-order valence-corrected chi connectivity index (χ3v) is 4.01. The lowest BCUT2D eigenvalue weighted by atomic mass is 9.69. The summed E-state index contributed by atoms with van der Waals surface area (Å²) in [6.07, 6.45) is 9.04. The Hall–Kier alpha value is -0.540. The van der Waals surface area contributed by atoms with Gasteiger partial charge in [-0.15, -0.1) is 0 Å². The number of nitrogens with one attached hydrogen (secondary N) is 2. The SMILES string of the molecule is NC1NC2=CCCC3CCCC(N1)C23. The minimum absolute atomic E-state index is 0.0284. The Bertz CT molecular complexity index is 261. The number of rotatable bonds is 0. The monoisotopic (exact) mass is 193 g/mol. The molecule has 4 unspecified atom stereocenters. The van der Waals surface area contributed by atoms with E-state index in [1.54, 1.807) is 0 Å². The van der Waals surface area contributed by atoms with Crippen LogP contribution < -0.4 is 16.4 Å². The molecule has 3 nitrogen and oxygen atoms in total. The lowest BCUT2D eigenvalue weighted by Gasteiger charge is -2.48. The van der Waals surface area contributed by atoms with Crippen LogP contribution in [0.4, 0.5) is 0 Å². The molecule has 1 aliphatic heterocycles. The van der Waals surface area contributed by atoms with Gasteiger partial charge in [-0.05, 0) is 31.6 Å². The van der Waals surface area contributed by atoms with Crippen molar-refractivity contribution >= 4 is 0 Å². The van der Waals surface area contributed by atoms with Crippen molar-refractivity contribution in [1.82, 2.24) is 10.6 Å². The van der Waals surface area contributed by atoms with Gasteiger partial charge < -0.3 is 5.32 Å². The van der Waals surface area contributed by atoms with Crippen molar-refractivity contribution in [3.63, 3.8) is 0 Å². The second kappa shape index (κ2) is 3.24. The summed E-state index contributed by atoms with van der Waals surface area (Å²) < 4.78 is 0. The molecule has 3 rings (SSSR count). The van der Waals surface area contributed by atoms with Gasteiger partial charge >= 0.3 is 0 Å². The third kappa shape index (κ3) is 1.27. The van der Waals surface area contributed by atoms with Crippen LogP contribution in [-0.2, 0) is 0 Å². The van der Waals surface area contributed by atoms with E-state index < -0.39 is 0 Å². The van der Waals surface area contributed by atoms with Gasteiger partial charge in [-0.3, -0.25) is 11.1 Å². The van der Waals surface area contributed by atoms with Crippen LogP contribution in [0.1, 0.15) is 32.1 Å². The fourth-order valence-corrected chi connectivity index (χ4v) is 3.47. The molecular formula is C11H19N3. The fraction of sp³-hybridized carbons (Fsp3) is 0.818. The molecule has 3 heteroatoms. The van der Waals surface area contributed by atoms with Crippen molar-refractivity contribution in [2.45, 2.75) is 44.4 Å². The molecule has 0 aromatic heterocycles. The predicted molar refractivity (Wildman–Crippen MR) is 56.2 cm³/mol. The summed E-state index contributed by atoms with van der Waals surface area (Å²) in [4.78, 5) is 0. The van der Waals surface area contributed by atoms with Gasteiger partial charge in [0.1, 0.15) is 6.29 Å². The van der Waals surface area contributed by atoms with E-state index >= 15 is 0 Å². The molecule has 1 saturated heterocycles. The topological polar surface area (TPSA) is 50.1 Å². The highest BCUT2D eigenvalue weighted by Crippen LogP contribution is 2.41. The van der Waals surface area contributed by atoms with Gasteiger partial charge in [0.05, 0.1) is 0 Å². The highest BCUT2D eigenvalue weighted by Gasteiger charge is 2.40. The smallest absolute Gasteiger partial charge is 0.129 e. The average molecular weight is 193 g/mol. The Balaban J connectivity index is 1.90. The second-order valence-electron chi connectivity index (χ2n) is 4.85. The molecule has 78 valence electrons. The summed E-state index contributed by atoms with van der Waals surface area (Å²) >= 11 is 0. The minimum atomic E-state index is -0.0284. The van der Waals surface area contributed by atoms with Crippen LogP contribution in [-0.4, -0.2) is 12.3 Å². The lowest BCUT2D eigenvalue weighted by Crippen LogP contribution is -2.63. The molecule has 0 spiro atoms. The van der Waals surface area contributed by atoms with Crippen LogP contribution in [0, 0.1) is 11.8 Å². The van der Waals surface area contributed by atoms with Gasteiger partial charge in [0.25, 0.3) is 0 Å². The molecule has 0 aromatic rings. The van der Waals surface area contributed by atoms with E-state index in [1.807, 2.05) is 0 Å². The second-order valence-corrected chi connectivity index (χ2v) is 4.85. The molecule has 0 aromatic carbocycles. The predicted octanol–water partition coefficient (Wildman–Crippen LogP) is 0.884. The van der Waals surface area contributed by atoms with E-state index in [0.717, 1.165) is 11.8 Å². The van der Waals surface area contributed by atoms with Gasteiger partial charge in [-0.25, -0.2) is 0 Å². The largest absolute Gasteiger partial charge is 0.361 e. The first-order chi connectivity index (χ1) is 6.84. The van der Waals surface area contributed by atoms with Gasteiger partial charge in [0.2, 0.25) is 0 Å². The van der Waals surface area contributed by atoms with Crippen molar-refractivity contribution in [2.75, 3.05) is 0 Å². The van der Waals surface area contributed by atoms with Crippen LogP contribution >= 0.6 is 0 Å². The van der Waals surface area contributed by atoms with Crippen LogP contribution in [0.5, 0.6) is 0 Å². The van der Waals surface area contributed by atoms with Crippen LogP contribution in [0.3, 0.4) is 0 Å². The van der Waals surface area contributed by atoms with Crippen molar-refractivity contribution in [3.8, 4) is 0 Å². The lowest BCUT2D eigenvalue weighted by molar-refractivity contribution is 0.134. The van der Waals surface area contributed by atoms with Crippen LogP contribution in [0.2, 0.25) is 0 Å². The molecule has 1 saturated carbocycles. The van der Waals surface area contributed by atoms with E-state index in [9.17, 15) is 0 Å². The van der Waals surface area contributed by atoms with Gasteiger partial charge in [-0.2, -0.15) is 0 Å². The molecule has 4 atom stereocenters. The van der Waals surface area contributed by atoms with Gasteiger partial charge in [0, 0.05) is 17.7 Å². The number of nitrogens with two attached hydrogens (primary N) is 1. The first-order valence-corrected chi connectivity index (χ1v) is 5.83. The highest BCUT2D eigenvalue weighted by molar-refractivity contribution is 5.17. The van der Waals surface area contributed by atoms with Crippen molar-refractivity contribution in [1.29, 1.82) is 0 Å². The average Bonchev–Trinajstić information content (AvgIpc) is 2.18. The Morgan fingerprint density at radius 2 is 2.21 bits per heavy atom. The van der Waals surface area contributed by atoms with E-state index in [4.69, 9.17) is 5.73 Å². The minimum Gasteiger partial charge on any atom is -0.361 e. The zero-order valence-electron chi connectivity index (χ0n) is 8.50. The van der Waals surface area contributed by atoms with Crippen LogP contribution in [0.25, 0.3) is 0 Å². The van der Waals surface area contributed by atoms with E-state index in [2.05, 4.69) is 16.7 Å². The number of allylic oxidation sites excluding steroid dienone is 1. The number of hydrogen-bond acceptors (Lipinski definition) is 3.